The van der Waals surface area contributed by atoms with Gasteiger partial charge in [-0.2, -0.15) is 0 Å². The van der Waals surface area contributed by atoms with Crippen LogP contribution in [-0.4, -0.2) is 42.6 Å². The molecule has 114 valence electrons. The molecule has 0 spiro atoms. The highest BCUT2D eigenvalue weighted by Crippen LogP contribution is 2.18. The van der Waals surface area contributed by atoms with E-state index >= 15 is 0 Å². The summed E-state index contributed by atoms with van der Waals surface area (Å²) >= 11 is 3.36. The van der Waals surface area contributed by atoms with Crippen LogP contribution in [0, 0.1) is 5.41 Å². The maximum atomic E-state index is 9.85. The van der Waals surface area contributed by atoms with E-state index < -0.39 is 6.10 Å². The molecule has 0 radical (unpaired) electrons. The van der Waals surface area contributed by atoms with Crippen molar-refractivity contribution in [1.82, 2.24) is 5.32 Å². The van der Waals surface area contributed by atoms with Crippen molar-refractivity contribution >= 4 is 15.9 Å². The molecule has 20 heavy (non-hydrogen) atoms. The molecule has 0 amide bonds. The second kappa shape index (κ2) is 8.62. The Morgan fingerprint density at radius 2 is 1.95 bits per heavy atom. The predicted molar refractivity (Wildman–Crippen MR) is 84.0 cm³/mol. The van der Waals surface area contributed by atoms with Gasteiger partial charge in [0.1, 0.15) is 18.5 Å². The molecule has 3 N–H and O–H groups in total. The number of nitrogens with one attached hydrogen (secondary N) is 1. The van der Waals surface area contributed by atoms with Gasteiger partial charge in [-0.05, 0) is 36.1 Å². The van der Waals surface area contributed by atoms with Crippen LogP contribution in [-0.2, 0) is 0 Å². The summed E-state index contributed by atoms with van der Waals surface area (Å²) in [7, 11) is 0. The zero-order valence-electron chi connectivity index (χ0n) is 12.1. The van der Waals surface area contributed by atoms with E-state index in [1.54, 1.807) is 0 Å². The maximum absolute atomic E-state index is 9.85. The van der Waals surface area contributed by atoms with E-state index in [4.69, 9.17) is 9.84 Å². The van der Waals surface area contributed by atoms with E-state index in [2.05, 4.69) is 35.1 Å². The second-order valence-corrected chi connectivity index (χ2v) is 6.60. The number of hydrogen-bond acceptors (Lipinski definition) is 4. The fourth-order valence-electron chi connectivity index (χ4n) is 1.75. The molecule has 0 bridgehead atoms. The molecule has 0 aliphatic carbocycles. The lowest BCUT2D eigenvalue weighted by atomic mass is 9.90. The Hall–Kier alpha value is -0.620. The van der Waals surface area contributed by atoms with Crippen molar-refractivity contribution in [3.8, 4) is 5.75 Å². The molecule has 0 aliphatic heterocycles. The third kappa shape index (κ3) is 7.24. The van der Waals surface area contributed by atoms with Gasteiger partial charge in [0.25, 0.3) is 0 Å². The van der Waals surface area contributed by atoms with Gasteiger partial charge in [0.05, 0.1) is 0 Å². The van der Waals surface area contributed by atoms with Crippen molar-refractivity contribution in [3.63, 3.8) is 0 Å². The first-order valence-electron chi connectivity index (χ1n) is 6.81. The smallest absolute Gasteiger partial charge is 0.119 e. The maximum Gasteiger partial charge on any atom is 0.119 e. The van der Waals surface area contributed by atoms with Crippen LogP contribution in [0.3, 0.4) is 0 Å². The van der Waals surface area contributed by atoms with Gasteiger partial charge in [-0.1, -0.05) is 29.8 Å². The summed E-state index contributed by atoms with van der Waals surface area (Å²) in [5.74, 6) is 0.743. The summed E-state index contributed by atoms with van der Waals surface area (Å²) < 4.78 is 6.50. The molecule has 0 aliphatic rings. The van der Waals surface area contributed by atoms with Crippen molar-refractivity contribution in [2.45, 2.75) is 26.4 Å². The Kier molecular flexibility index (Phi) is 7.51. The number of benzene rings is 1. The summed E-state index contributed by atoms with van der Waals surface area (Å²) in [6.07, 6.45) is 0.189. The molecule has 1 aromatic rings. The van der Waals surface area contributed by atoms with Crippen LogP contribution in [0.5, 0.6) is 5.75 Å². The first-order valence-corrected chi connectivity index (χ1v) is 7.60. The number of ether oxygens (including phenoxy) is 1. The van der Waals surface area contributed by atoms with Crippen molar-refractivity contribution in [2.24, 2.45) is 5.41 Å². The normalized spacial score (nSPS) is 13.2. The lowest BCUT2D eigenvalue weighted by Crippen LogP contribution is -2.37. The SMILES string of the molecule is CC(C)(CCO)CNCC(O)COc1ccc(Br)cc1. The predicted octanol–water partition coefficient (Wildman–Crippen LogP) is 2.19. The molecule has 1 unspecified atom stereocenters. The Bertz CT molecular complexity index is 381. The highest BCUT2D eigenvalue weighted by Gasteiger charge is 2.17. The molecule has 5 heteroatoms. The molecule has 0 aromatic heterocycles. The molecule has 0 fully saturated rings. The first-order chi connectivity index (χ1) is 9.43. The number of hydrogen-bond donors (Lipinski definition) is 3. The topological polar surface area (TPSA) is 61.7 Å². The van der Waals surface area contributed by atoms with E-state index in [1.807, 2.05) is 24.3 Å². The van der Waals surface area contributed by atoms with Gasteiger partial charge >= 0.3 is 0 Å². The lowest BCUT2D eigenvalue weighted by Gasteiger charge is -2.24. The van der Waals surface area contributed by atoms with Crippen LogP contribution in [0.2, 0.25) is 0 Å². The highest BCUT2D eigenvalue weighted by molar-refractivity contribution is 9.10. The minimum Gasteiger partial charge on any atom is -0.491 e. The van der Waals surface area contributed by atoms with Crippen LogP contribution in [0.25, 0.3) is 0 Å². The van der Waals surface area contributed by atoms with Crippen LogP contribution in [0.4, 0.5) is 0 Å². The largest absolute Gasteiger partial charge is 0.491 e. The lowest BCUT2D eigenvalue weighted by molar-refractivity contribution is 0.102. The molecule has 0 saturated heterocycles. The van der Waals surface area contributed by atoms with Gasteiger partial charge in [0.2, 0.25) is 0 Å². The van der Waals surface area contributed by atoms with E-state index in [9.17, 15) is 5.11 Å². The van der Waals surface area contributed by atoms with Gasteiger partial charge in [-0.25, -0.2) is 0 Å². The summed E-state index contributed by atoms with van der Waals surface area (Å²) in [5.41, 5.74) is 0.0288. The standard InChI is InChI=1S/C15H24BrNO3/c1-15(2,7-8-18)11-17-9-13(19)10-20-14-5-3-12(16)4-6-14/h3-6,13,17-19H,7-11H2,1-2H3. The van der Waals surface area contributed by atoms with Crippen molar-refractivity contribution in [2.75, 3.05) is 26.3 Å². The average Bonchev–Trinajstić information content (AvgIpc) is 2.37. The fourth-order valence-corrected chi connectivity index (χ4v) is 2.01. The summed E-state index contributed by atoms with van der Waals surface area (Å²) in [6.45, 7) is 5.84. The fraction of sp³-hybridized carbons (Fsp3) is 0.600. The molecular weight excluding hydrogens is 322 g/mol. The monoisotopic (exact) mass is 345 g/mol. The molecule has 0 saturated carbocycles. The summed E-state index contributed by atoms with van der Waals surface area (Å²) in [6, 6.07) is 7.51. The van der Waals surface area contributed by atoms with E-state index in [0.717, 1.165) is 23.2 Å². The average molecular weight is 346 g/mol. The highest BCUT2D eigenvalue weighted by atomic mass is 79.9. The Labute approximate surface area is 129 Å². The van der Waals surface area contributed by atoms with E-state index in [-0.39, 0.29) is 18.6 Å². The van der Waals surface area contributed by atoms with Crippen LogP contribution in [0.1, 0.15) is 20.3 Å². The number of aliphatic hydroxyl groups excluding tert-OH is 2. The van der Waals surface area contributed by atoms with Gasteiger partial charge in [0, 0.05) is 24.2 Å². The number of rotatable bonds is 9. The van der Waals surface area contributed by atoms with Gasteiger partial charge in [-0.15, -0.1) is 0 Å². The third-order valence-corrected chi connectivity index (χ3v) is 3.56. The zero-order valence-corrected chi connectivity index (χ0v) is 13.7. The summed E-state index contributed by atoms with van der Waals surface area (Å²) in [5, 5.41) is 22.0. The van der Waals surface area contributed by atoms with Crippen molar-refractivity contribution in [1.29, 1.82) is 0 Å². The molecule has 1 aromatic carbocycles. The van der Waals surface area contributed by atoms with Crippen molar-refractivity contribution < 1.29 is 14.9 Å². The minimum absolute atomic E-state index is 0.0288. The number of halogens is 1. The number of aliphatic hydroxyl groups is 2. The van der Waals surface area contributed by atoms with Crippen LogP contribution >= 0.6 is 15.9 Å². The Balaban J connectivity index is 2.20. The first kappa shape index (κ1) is 17.4. The van der Waals surface area contributed by atoms with E-state index in [0.29, 0.717) is 6.54 Å². The Morgan fingerprint density at radius 3 is 2.55 bits per heavy atom. The van der Waals surface area contributed by atoms with E-state index in [1.165, 1.54) is 0 Å². The van der Waals surface area contributed by atoms with Crippen LogP contribution < -0.4 is 10.1 Å². The minimum atomic E-state index is -0.552. The second-order valence-electron chi connectivity index (χ2n) is 5.69. The summed E-state index contributed by atoms with van der Waals surface area (Å²) in [4.78, 5) is 0. The molecule has 4 nitrogen and oxygen atoms in total. The molecule has 1 atom stereocenters. The molecular formula is C15H24BrNO3. The third-order valence-electron chi connectivity index (χ3n) is 3.03. The van der Waals surface area contributed by atoms with Gasteiger partial charge < -0.3 is 20.3 Å². The van der Waals surface area contributed by atoms with Gasteiger partial charge in [-0.3, -0.25) is 0 Å². The van der Waals surface area contributed by atoms with Crippen molar-refractivity contribution in [3.05, 3.63) is 28.7 Å². The van der Waals surface area contributed by atoms with Crippen LogP contribution in [0.15, 0.2) is 28.7 Å². The molecule has 1 rings (SSSR count). The van der Waals surface area contributed by atoms with Gasteiger partial charge in [0.15, 0.2) is 0 Å². The molecule has 0 heterocycles. The Morgan fingerprint density at radius 1 is 1.30 bits per heavy atom. The zero-order chi connectivity index (χ0) is 15.0. The quantitative estimate of drug-likeness (QED) is 0.642.